The molecule has 0 atom stereocenters. The number of amides is 2. The Labute approximate surface area is 140 Å². The van der Waals surface area contributed by atoms with Crippen molar-refractivity contribution < 1.29 is 23.8 Å². The predicted octanol–water partition coefficient (Wildman–Crippen LogP) is 2.62. The number of nitrogens with zero attached hydrogens (tertiary/aromatic N) is 1. The van der Waals surface area contributed by atoms with E-state index >= 15 is 0 Å². The Morgan fingerprint density at radius 3 is 2.62 bits per heavy atom. The molecular formula is C17H20N2O5. The van der Waals surface area contributed by atoms with Gasteiger partial charge in [0.1, 0.15) is 5.60 Å². The molecule has 2 rings (SSSR count). The summed E-state index contributed by atoms with van der Waals surface area (Å²) >= 11 is 0. The number of ether oxygens (including phenoxy) is 3. The van der Waals surface area contributed by atoms with Gasteiger partial charge in [-0.25, -0.2) is 10.6 Å². The molecule has 0 unspecified atom stereocenters. The number of carbonyl (C=O) groups excluding carboxylic acids is 2. The average molecular weight is 332 g/mol. The van der Waals surface area contributed by atoms with Crippen LogP contribution >= 0.6 is 0 Å². The summed E-state index contributed by atoms with van der Waals surface area (Å²) in [4.78, 5) is 23.4. The van der Waals surface area contributed by atoms with Crippen LogP contribution in [0, 0.1) is 0 Å². The van der Waals surface area contributed by atoms with E-state index in [2.05, 4.69) is 0 Å². The highest BCUT2D eigenvalue weighted by Crippen LogP contribution is 2.32. The highest BCUT2D eigenvalue weighted by molar-refractivity contribution is 5.98. The lowest BCUT2D eigenvalue weighted by molar-refractivity contribution is -0.125. The highest BCUT2D eigenvalue weighted by atomic mass is 16.7. The lowest BCUT2D eigenvalue weighted by atomic mass is 10.2. The first-order valence-electron chi connectivity index (χ1n) is 7.32. The standard InChI is InChI=1S/C17H20N2O5/c1-17(2,3)24-16(21)19(18)15(20)7-5-4-6-12-8-9-13-14(10-12)23-11-22-13/h4-10H,11,18H2,1-3H3. The van der Waals surface area contributed by atoms with Crippen molar-refractivity contribution >= 4 is 18.1 Å². The van der Waals surface area contributed by atoms with Crippen molar-refractivity contribution in [3.8, 4) is 11.5 Å². The first kappa shape index (κ1) is 17.6. The van der Waals surface area contributed by atoms with Crippen LogP contribution in [0.1, 0.15) is 26.3 Å². The van der Waals surface area contributed by atoms with Gasteiger partial charge in [-0.3, -0.25) is 4.79 Å². The minimum absolute atomic E-state index is 0.216. The first-order valence-corrected chi connectivity index (χ1v) is 7.32. The molecule has 1 aromatic rings. The molecule has 0 saturated carbocycles. The van der Waals surface area contributed by atoms with Crippen molar-refractivity contribution in [2.45, 2.75) is 26.4 Å². The Morgan fingerprint density at radius 1 is 1.21 bits per heavy atom. The van der Waals surface area contributed by atoms with Gasteiger partial charge >= 0.3 is 6.09 Å². The van der Waals surface area contributed by atoms with Crippen LogP contribution in [0.2, 0.25) is 0 Å². The second-order valence-electron chi connectivity index (χ2n) is 6.02. The van der Waals surface area contributed by atoms with Crippen LogP contribution in [-0.2, 0) is 9.53 Å². The first-order chi connectivity index (χ1) is 11.3. The smallest absolute Gasteiger partial charge is 0.432 e. The Bertz CT molecular complexity index is 689. The molecule has 7 nitrogen and oxygen atoms in total. The summed E-state index contributed by atoms with van der Waals surface area (Å²) in [7, 11) is 0. The fraction of sp³-hybridized carbons (Fsp3) is 0.294. The van der Waals surface area contributed by atoms with E-state index in [4.69, 9.17) is 20.1 Å². The van der Waals surface area contributed by atoms with Gasteiger partial charge in [0.2, 0.25) is 6.79 Å². The maximum atomic E-state index is 11.8. The van der Waals surface area contributed by atoms with E-state index in [1.54, 1.807) is 39.0 Å². The van der Waals surface area contributed by atoms with Crippen LogP contribution in [0.5, 0.6) is 11.5 Å². The second kappa shape index (κ2) is 7.18. The number of hydrazine groups is 1. The summed E-state index contributed by atoms with van der Waals surface area (Å²) < 4.78 is 15.5. The van der Waals surface area contributed by atoms with Gasteiger partial charge in [0.05, 0.1) is 0 Å². The molecule has 1 heterocycles. The maximum absolute atomic E-state index is 11.8. The number of hydrogen-bond donors (Lipinski definition) is 1. The molecule has 0 radical (unpaired) electrons. The van der Waals surface area contributed by atoms with Gasteiger partial charge in [-0.1, -0.05) is 24.3 Å². The maximum Gasteiger partial charge on any atom is 0.432 e. The van der Waals surface area contributed by atoms with Gasteiger partial charge in [0.25, 0.3) is 5.91 Å². The van der Waals surface area contributed by atoms with Crippen molar-refractivity contribution in [2.24, 2.45) is 5.84 Å². The molecule has 1 aliphatic heterocycles. The number of allylic oxidation sites excluding steroid dienone is 2. The Balaban J connectivity index is 1.91. The van der Waals surface area contributed by atoms with Crippen LogP contribution in [0.15, 0.2) is 36.4 Å². The van der Waals surface area contributed by atoms with E-state index < -0.39 is 17.6 Å². The number of imide groups is 1. The van der Waals surface area contributed by atoms with E-state index in [0.717, 1.165) is 5.56 Å². The van der Waals surface area contributed by atoms with E-state index in [1.165, 1.54) is 12.2 Å². The van der Waals surface area contributed by atoms with Crippen LogP contribution in [-0.4, -0.2) is 29.4 Å². The number of benzene rings is 1. The minimum atomic E-state index is -0.906. The van der Waals surface area contributed by atoms with E-state index in [-0.39, 0.29) is 6.79 Å². The fourth-order valence-corrected chi connectivity index (χ4v) is 1.80. The van der Waals surface area contributed by atoms with E-state index in [1.807, 2.05) is 12.1 Å². The van der Waals surface area contributed by atoms with Gasteiger partial charge in [-0.05, 0) is 38.5 Å². The van der Waals surface area contributed by atoms with Crippen LogP contribution in [0.25, 0.3) is 6.08 Å². The average Bonchev–Trinajstić information content (AvgIpc) is 2.96. The Morgan fingerprint density at radius 2 is 1.92 bits per heavy atom. The molecule has 0 aromatic heterocycles. The van der Waals surface area contributed by atoms with E-state index in [0.29, 0.717) is 16.5 Å². The summed E-state index contributed by atoms with van der Waals surface area (Å²) in [5, 5.41) is 0.427. The third-order valence-electron chi connectivity index (χ3n) is 2.86. The van der Waals surface area contributed by atoms with Crippen molar-refractivity contribution in [3.63, 3.8) is 0 Å². The molecule has 1 aliphatic rings. The molecule has 2 amide bonds. The second-order valence-corrected chi connectivity index (χ2v) is 6.02. The molecule has 0 fully saturated rings. The molecule has 7 heteroatoms. The molecule has 0 spiro atoms. The monoisotopic (exact) mass is 332 g/mol. The van der Waals surface area contributed by atoms with Crippen molar-refractivity contribution in [1.82, 2.24) is 5.01 Å². The van der Waals surface area contributed by atoms with Gasteiger partial charge in [-0.15, -0.1) is 0 Å². The number of fused-ring (bicyclic) bond motifs is 1. The topological polar surface area (TPSA) is 91.1 Å². The molecule has 0 saturated heterocycles. The van der Waals surface area contributed by atoms with Crippen LogP contribution in [0.4, 0.5) is 4.79 Å². The van der Waals surface area contributed by atoms with E-state index in [9.17, 15) is 9.59 Å². The van der Waals surface area contributed by atoms with Crippen molar-refractivity contribution in [2.75, 3.05) is 6.79 Å². The Hall–Kier alpha value is -2.80. The minimum Gasteiger partial charge on any atom is -0.454 e. The molecule has 1 aromatic carbocycles. The zero-order valence-corrected chi connectivity index (χ0v) is 13.8. The number of nitrogens with two attached hydrogens (primary N) is 1. The third kappa shape index (κ3) is 4.85. The summed E-state index contributed by atoms with van der Waals surface area (Å²) in [5.41, 5.74) is 0.158. The number of hydrogen-bond acceptors (Lipinski definition) is 6. The third-order valence-corrected chi connectivity index (χ3v) is 2.86. The lowest BCUT2D eigenvalue weighted by Crippen LogP contribution is -2.44. The number of carbonyl (C=O) groups is 2. The Kier molecular flexibility index (Phi) is 5.25. The van der Waals surface area contributed by atoms with Crippen molar-refractivity contribution in [1.29, 1.82) is 0 Å². The highest BCUT2D eigenvalue weighted by Gasteiger charge is 2.23. The lowest BCUT2D eigenvalue weighted by Gasteiger charge is -2.22. The molecule has 128 valence electrons. The van der Waals surface area contributed by atoms with Gasteiger partial charge in [0.15, 0.2) is 11.5 Å². The summed E-state index contributed by atoms with van der Waals surface area (Å²) in [6.07, 6.45) is 5.18. The van der Waals surface area contributed by atoms with Crippen LogP contribution < -0.4 is 15.3 Å². The number of rotatable bonds is 3. The van der Waals surface area contributed by atoms with Gasteiger partial charge < -0.3 is 14.2 Å². The summed E-state index contributed by atoms with van der Waals surface area (Å²) in [6, 6.07) is 5.49. The normalized spacial score (nSPS) is 13.5. The fourth-order valence-electron chi connectivity index (χ4n) is 1.80. The van der Waals surface area contributed by atoms with Gasteiger partial charge in [-0.2, -0.15) is 5.01 Å². The largest absolute Gasteiger partial charge is 0.454 e. The summed E-state index contributed by atoms with van der Waals surface area (Å²) in [6.45, 7) is 5.28. The molecule has 2 N–H and O–H groups in total. The SMILES string of the molecule is CC(C)(C)OC(=O)N(N)C(=O)C=CC=Cc1ccc2c(c1)OCO2. The summed E-state index contributed by atoms with van der Waals surface area (Å²) in [5.74, 6) is 6.12. The quantitative estimate of drug-likeness (QED) is 0.301. The molecular weight excluding hydrogens is 312 g/mol. The molecule has 24 heavy (non-hydrogen) atoms. The van der Waals surface area contributed by atoms with Crippen LogP contribution in [0.3, 0.4) is 0 Å². The predicted molar refractivity (Wildman–Crippen MR) is 88.0 cm³/mol. The van der Waals surface area contributed by atoms with Gasteiger partial charge in [0, 0.05) is 6.08 Å². The molecule has 0 aliphatic carbocycles. The zero-order chi connectivity index (χ0) is 17.7. The zero-order valence-electron chi connectivity index (χ0n) is 13.8. The van der Waals surface area contributed by atoms with Crippen molar-refractivity contribution in [3.05, 3.63) is 42.0 Å². The molecule has 0 bridgehead atoms.